The van der Waals surface area contributed by atoms with Crippen LogP contribution < -0.4 is 0 Å². The first kappa shape index (κ1) is 15.3. The fourth-order valence-corrected chi connectivity index (χ4v) is 2.78. The average Bonchev–Trinajstić information content (AvgIpc) is 2.94. The molecule has 114 valence electrons. The molecular formula is C14H23NO5. The average molecular weight is 285 g/mol. The smallest absolute Gasteiger partial charge is 0.326 e. The van der Waals surface area contributed by atoms with E-state index in [1.165, 1.54) is 4.90 Å². The summed E-state index contributed by atoms with van der Waals surface area (Å²) < 4.78 is 11.1. The summed E-state index contributed by atoms with van der Waals surface area (Å²) in [5.74, 6) is -1.16. The van der Waals surface area contributed by atoms with Gasteiger partial charge in [-0.2, -0.15) is 0 Å². The van der Waals surface area contributed by atoms with Crippen molar-refractivity contribution in [3.05, 3.63) is 0 Å². The molecule has 0 aromatic heterocycles. The third-order valence-electron chi connectivity index (χ3n) is 3.97. The van der Waals surface area contributed by atoms with Crippen molar-refractivity contribution in [3.63, 3.8) is 0 Å². The van der Waals surface area contributed by atoms with Crippen LogP contribution in [0.25, 0.3) is 0 Å². The summed E-state index contributed by atoms with van der Waals surface area (Å²) in [6.07, 6.45) is 3.89. The molecule has 6 nitrogen and oxygen atoms in total. The number of carbonyl (C=O) groups is 2. The number of hydrogen-bond donors (Lipinski definition) is 1. The van der Waals surface area contributed by atoms with Crippen molar-refractivity contribution in [3.8, 4) is 0 Å². The minimum Gasteiger partial charge on any atom is -0.480 e. The highest BCUT2D eigenvalue weighted by Gasteiger charge is 2.36. The van der Waals surface area contributed by atoms with Crippen LogP contribution in [0.15, 0.2) is 0 Å². The molecule has 2 heterocycles. The van der Waals surface area contributed by atoms with E-state index in [4.69, 9.17) is 14.6 Å². The minimum atomic E-state index is -0.932. The number of ether oxygens (including phenoxy) is 2. The number of amides is 1. The quantitative estimate of drug-likeness (QED) is 0.816. The van der Waals surface area contributed by atoms with E-state index < -0.39 is 18.1 Å². The van der Waals surface area contributed by atoms with Gasteiger partial charge in [0.05, 0.1) is 12.7 Å². The van der Waals surface area contributed by atoms with Crippen molar-refractivity contribution < 1.29 is 24.2 Å². The number of aliphatic carboxylic acids is 1. The third-order valence-corrected chi connectivity index (χ3v) is 3.97. The predicted octanol–water partition coefficient (Wildman–Crippen LogP) is 1.04. The molecule has 20 heavy (non-hydrogen) atoms. The molecule has 1 N–H and O–H groups in total. The Bertz CT molecular complexity index is 353. The zero-order chi connectivity index (χ0) is 14.5. The fraction of sp³-hybridized carbons (Fsp3) is 0.857. The standard InChI is InChI=1S/C14H23NO5/c1-10(20-9-11-5-2-3-8-19-11)13(16)15-7-4-6-12(15)14(17)18/h10-12H,2-9H2,1H3,(H,17,18)/t10?,11?,12-/m0/s1. The maximum Gasteiger partial charge on any atom is 0.326 e. The molecule has 2 fully saturated rings. The lowest BCUT2D eigenvalue weighted by molar-refractivity contribution is -0.155. The molecule has 0 aromatic rings. The van der Waals surface area contributed by atoms with Gasteiger partial charge in [0.1, 0.15) is 12.1 Å². The van der Waals surface area contributed by atoms with E-state index in [1.54, 1.807) is 6.92 Å². The normalized spacial score (nSPS) is 28.4. The lowest BCUT2D eigenvalue weighted by atomic mass is 10.1. The molecule has 2 aliphatic rings. The second-order valence-corrected chi connectivity index (χ2v) is 5.49. The van der Waals surface area contributed by atoms with Crippen molar-refractivity contribution in [2.75, 3.05) is 19.8 Å². The van der Waals surface area contributed by atoms with Crippen LogP contribution in [0.5, 0.6) is 0 Å². The van der Waals surface area contributed by atoms with Gasteiger partial charge in [-0.15, -0.1) is 0 Å². The number of likely N-dealkylation sites (tertiary alicyclic amines) is 1. The second kappa shape index (κ2) is 7.04. The Labute approximate surface area is 119 Å². The summed E-state index contributed by atoms with van der Waals surface area (Å²) >= 11 is 0. The van der Waals surface area contributed by atoms with Crippen LogP contribution in [0.2, 0.25) is 0 Å². The Balaban J connectivity index is 1.80. The minimum absolute atomic E-state index is 0.0628. The van der Waals surface area contributed by atoms with E-state index in [-0.39, 0.29) is 12.0 Å². The van der Waals surface area contributed by atoms with Crippen LogP contribution in [-0.4, -0.2) is 59.9 Å². The van der Waals surface area contributed by atoms with Gasteiger partial charge in [0, 0.05) is 13.2 Å². The van der Waals surface area contributed by atoms with Crippen LogP contribution >= 0.6 is 0 Å². The molecule has 2 saturated heterocycles. The van der Waals surface area contributed by atoms with E-state index in [0.717, 1.165) is 32.3 Å². The molecule has 0 radical (unpaired) electrons. The van der Waals surface area contributed by atoms with Crippen molar-refractivity contribution in [2.45, 2.75) is 57.3 Å². The Hall–Kier alpha value is -1.14. The van der Waals surface area contributed by atoms with E-state index in [1.807, 2.05) is 0 Å². The van der Waals surface area contributed by atoms with Crippen molar-refractivity contribution >= 4 is 11.9 Å². The molecule has 2 unspecified atom stereocenters. The topological polar surface area (TPSA) is 76.1 Å². The molecule has 2 aliphatic heterocycles. The molecule has 6 heteroatoms. The summed E-state index contributed by atoms with van der Waals surface area (Å²) in [4.78, 5) is 24.7. The second-order valence-electron chi connectivity index (χ2n) is 5.49. The van der Waals surface area contributed by atoms with Crippen LogP contribution in [0, 0.1) is 0 Å². The first-order valence-corrected chi connectivity index (χ1v) is 7.36. The first-order chi connectivity index (χ1) is 9.59. The number of nitrogens with zero attached hydrogens (tertiary/aromatic N) is 1. The zero-order valence-electron chi connectivity index (χ0n) is 11.9. The summed E-state index contributed by atoms with van der Waals surface area (Å²) in [6, 6.07) is -0.695. The number of carboxylic acid groups (broad SMARTS) is 1. The van der Waals surface area contributed by atoms with Crippen LogP contribution in [0.4, 0.5) is 0 Å². The highest BCUT2D eigenvalue weighted by molar-refractivity contribution is 5.86. The Morgan fingerprint density at radius 2 is 2.15 bits per heavy atom. The monoisotopic (exact) mass is 285 g/mol. The Kier molecular flexibility index (Phi) is 5.37. The van der Waals surface area contributed by atoms with E-state index in [0.29, 0.717) is 19.6 Å². The number of carbonyl (C=O) groups excluding carboxylic acids is 1. The van der Waals surface area contributed by atoms with Crippen molar-refractivity contribution in [1.29, 1.82) is 0 Å². The van der Waals surface area contributed by atoms with Gasteiger partial charge < -0.3 is 19.5 Å². The third kappa shape index (κ3) is 3.70. The van der Waals surface area contributed by atoms with Gasteiger partial charge in [-0.05, 0) is 39.0 Å². The molecule has 0 aliphatic carbocycles. The van der Waals surface area contributed by atoms with E-state index in [9.17, 15) is 9.59 Å². The molecule has 0 saturated carbocycles. The summed E-state index contributed by atoms with van der Waals surface area (Å²) in [6.45, 7) is 3.34. The van der Waals surface area contributed by atoms with Gasteiger partial charge in [-0.25, -0.2) is 4.79 Å². The molecule has 1 amide bonds. The molecule has 0 spiro atoms. The SMILES string of the molecule is CC(OCC1CCCCO1)C(=O)N1CCC[C@H]1C(=O)O. The Morgan fingerprint density at radius 1 is 1.35 bits per heavy atom. The highest BCUT2D eigenvalue weighted by Crippen LogP contribution is 2.20. The zero-order valence-corrected chi connectivity index (χ0v) is 11.9. The maximum atomic E-state index is 12.2. The fourth-order valence-electron chi connectivity index (χ4n) is 2.78. The van der Waals surface area contributed by atoms with E-state index in [2.05, 4.69) is 0 Å². The van der Waals surface area contributed by atoms with Gasteiger partial charge in [0.2, 0.25) is 0 Å². The van der Waals surface area contributed by atoms with Crippen molar-refractivity contribution in [1.82, 2.24) is 4.90 Å². The van der Waals surface area contributed by atoms with Crippen LogP contribution in [0.1, 0.15) is 39.0 Å². The molecular weight excluding hydrogens is 262 g/mol. The predicted molar refractivity (Wildman–Crippen MR) is 71.4 cm³/mol. The summed E-state index contributed by atoms with van der Waals surface area (Å²) in [5.41, 5.74) is 0. The largest absolute Gasteiger partial charge is 0.480 e. The molecule has 2 rings (SSSR count). The van der Waals surface area contributed by atoms with E-state index >= 15 is 0 Å². The van der Waals surface area contributed by atoms with Crippen LogP contribution in [0.3, 0.4) is 0 Å². The first-order valence-electron chi connectivity index (χ1n) is 7.36. The lowest BCUT2D eigenvalue weighted by Gasteiger charge is -2.27. The summed E-state index contributed by atoms with van der Waals surface area (Å²) in [5, 5.41) is 9.09. The maximum absolute atomic E-state index is 12.2. The number of carboxylic acids is 1. The Morgan fingerprint density at radius 3 is 2.80 bits per heavy atom. The lowest BCUT2D eigenvalue weighted by Crippen LogP contribution is -2.46. The van der Waals surface area contributed by atoms with Gasteiger partial charge in [-0.3, -0.25) is 4.79 Å². The number of rotatable bonds is 5. The molecule has 0 bridgehead atoms. The van der Waals surface area contributed by atoms with Gasteiger partial charge in [0.25, 0.3) is 5.91 Å². The van der Waals surface area contributed by atoms with Crippen LogP contribution in [-0.2, 0) is 19.1 Å². The summed E-state index contributed by atoms with van der Waals surface area (Å²) in [7, 11) is 0. The van der Waals surface area contributed by atoms with Crippen molar-refractivity contribution in [2.24, 2.45) is 0 Å². The van der Waals surface area contributed by atoms with Gasteiger partial charge in [0.15, 0.2) is 0 Å². The molecule has 3 atom stereocenters. The molecule has 0 aromatic carbocycles. The highest BCUT2D eigenvalue weighted by atomic mass is 16.5. The van der Waals surface area contributed by atoms with Gasteiger partial charge in [-0.1, -0.05) is 0 Å². The number of hydrogen-bond acceptors (Lipinski definition) is 4. The van der Waals surface area contributed by atoms with Gasteiger partial charge >= 0.3 is 5.97 Å².